The third kappa shape index (κ3) is 5.63. The molecule has 0 aliphatic heterocycles. The number of hydrogen-bond donors (Lipinski definition) is 0. The van der Waals surface area contributed by atoms with E-state index in [4.69, 9.17) is 15.0 Å². The maximum Gasteiger partial charge on any atom is 0.290 e. The van der Waals surface area contributed by atoms with E-state index < -0.39 is 0 Å². The number of aryl methyl sites for hydroxylation is 1. The summed E-state index contributed by atoms with van der Waals surface area (Å²) in [6.07, 6.45) is 6.46. The summed E-state index contributed by atoms with van der Waals surface area (Å²) in [6, 6.07) is 27.1. The van der Waals surface area contributed by atoms with Gasteiger partial charge in [-0.25, -0.2) is 0 Å². The van der Waals surface area contributed by atoms with Crippen LogP contribution in [0.3, 0.4) is 0 Å². The number of nitrogens with zero attached hydrogens (tertiary/aromatic N) is 4. The van der Waals surface area contributed by atoms with Crippen molar-refractivity contribution in [3.8, 4) is 0 Å². The fraction of sp³-hybridized carbons (Fsp3) is 0.179. The predicted octanol–water partition coefficient (Wildman–Crippen LogP) is 3.89. The van der Waals surface area contributed by atoms with Crippen LogP contribution < -0.4 is 11.2 Å². The second-order valence-electron chi connectivity index (χ2n) is 8.47. The van der Waals surface area contributed by atoms with E-state index in [1.807, 2.05) is 48.9 Å². The predicted molar refractivity (Wildman–Crippen MR) is 139 cm³/mol. The molecular weight excluding hydrogens is 403 g/mol. The van der Waals surface area contributed by atoms with Crippen LogP contribution in [0.1, 0.15) is 23.2 Å². The maximum atomic E-state index is 4.82. The van der Waals surface area contributed by atoms with Crippen LogP contribution in [0, 0.1) is 6.92 Å². The van der Waals surface area contributed by atoms with Crippen LogP contribution in [-0.4, -0.2) is 47.2 Å². The molecule has 4 aromatic rings. The number of aromatic nitrogens is 3. The molecule has 0 atom stereocenters. The molecule has 3 aromatic heterocycles. The quantitative estimate of drug-likeness (QED) is 0.396. The summed E-state index contributed by atoms with van der Waals surface area (Å²) in [6.45, 7) is 2.91. The molecule has 164 valence electrons. The van der Waals surface area contributed by atoms with Gasteiger partial charge in [0.1, 0.15) is 0 Å². The van der Waals surface area contributed by atoms with Gasteiger partial charge < -0.3 is 4.90 Å². The summed E-state index contributed by atoms with van der Waals surface area (Å²) in [5.74, 6) is 0. The monoisotopic (exact) mass is 432 g/mol. The highest BCUT2D eigenvalue weighted by atomic mass is 15.0. The Labute approximate surface area is 197 Å². The summed E-state index contributed by atoms with van der Waals surface area (Å²) in [4.78, 5) is 16.6. The Balaban J connectivity index is 2.03. The van der Waals surface area contributed by atoms with E-state index in [1.54, 1.807) is 0 Å². The summed E-state index contributed by atoms with van der Waals surface area (Å²) >= 11 is 0. The van der Waals surface area contributed by atoms with Crippen molar-refractivity contribution in [1.82, 2.24) is 19.9 Å². The van der Waals surface area contributed by atoms with Crippen LogP contribution in [0.15, 0.2) is 97.5 Å². The second-order valence-corrected chi connectivity index (χ2v) is 8.47. The topological polar surface area (TPSA) is 41.9 Å². The van der Waals surface area contributed by atoms with Crippen molar-refractivity contribution in [1.29, 1.82) is 0 Å². The van der Waals surface area contributed by atoms with Crippen LogP contribution in [0.2, 0.25) is 0 Å². The molecule has 4 nitrogen and oxygen atoms in total. The Hall–Kier alpha value is -3.57. The van der Waals surface area contributed by atoms with E-state index in [0.717, 1.165) is 35.3 Å². The van der Waals surface area contributed by atoms with Crippen molar-refractivity contribution in [2.45, 2.75) is 13.3 Å². The third-order valence-corrected chi connectivity index (χ3v) is 5.73. The first kappa shape index (κ1) is 22.6. The maximum absolute atomic E-state index is 4.82. The molecule has 4 rings (SSSR count). The fourth-order valence-electron chi connectivity index (χ4n) is 4.06. The highest BCUT2D eigenvalue weighted by Crippen LogP contribution is 2.30. The lowest BCUT2D eigenvalue weighted by atomic mass is 9.37. The van der Waals surface area contributed by atoms with Gasteiger partial charge in [-0.3, -0.25) is 15.0 Å². The van der Waals surface area contributed by atoms with E-state index in [-0.39, 0.29) is 6.71 Å². The molecule has 1 aromatic carbocycles. The summed E-state index contributed by atoms with van der Waals surface area (Å²) in [7, 11) is 4.23. The first-order chi connectivity index (χ1) is 16.1. The first-order valence-corrected chi connectivity index (χ1v) is 11.3. The van der Waals surface area contributed by atoms with Gasteiger partial charge in [0.2, 0.25) is 0 Å². The number of pyridine rings is 3. The van der Waals surface area contributed by atoms with Crippen LogP contribution in [0.25, 0.3) is 11.0 Å². The molecule has 33 heavy (non-hydrogen) atoms. The first-order valence-electron chi connectivity index (χ1n) is 11.3. The van der Waals surface area contributed by atoms with E-state index >= 15 is 0 Å². The molecule has 0 spiro atoms. The molecule has 0 N–H and O–H groups in total. The van der Waals surface area contributed by atoms with E-state index in [1.165, 1.54) is 16.7 Å². The van der Waals surface area contributed by atoms with Gasteiger partial charge in [-0.1, -0.05) is 48.0 Å². The average molecular weight is 432 g/mol. The lowest BCUT2D eigenvalue weighted by Crippen LogP contribution is -2.47. The molecule has 0 bridgehead atoms. The highest BCUT2D eigenvalue weighted by molar-refractivity contribution is 6.99. The zero-order valence-corrected chi connectivity index (χ0v) is 19.5. The Morgan fingerprint density at radius 3 is 1.79 bits per heavy atom. The molecule has 0 radical (unpaired) electrons. The third-order valence-electron chi connectivity index (χ3n) is 5.73. The van der Waals surface area contributed by atoms with Gasteiger partial charge in [-0.2, -0.15) is 0 Å². The van der Waals surface area contributed by atoms with Crippen LogP contribution in [-0.2, 0) is 0 Å². The Morgan fingerprint density at radius 2 is 1.30 bits per heavy atom. The molecule has 0 saturated carbocycles. The van der Waals surface area contributed by atoms with Crippen LogP contribution in [0.5, 0.6) is 0 Å². The molecule has 3 heterocycles. The minimum absolute atomic E-state index is 0.138. The lowest BCUT2D eigenvalue weighted by molar-refractivity contribution is 0.419. The van der Waals surface area contributed by atoms with Gasteiger partial charge in [0.25, 0.3) is 6.71 Å². The molecule has 0 saturated heterocycles. The summed E-state index contributed by atoms with van der Waals surface area (Å²) in [5.41, 5.74) is 7.75. The summed E-state index contributed by atoms with van der Waals surface area (Å²) < 4.78 is 0. The van der Waals surface area contributed by atoms with Crippen molar-refractivity contribution < 1.29 is 0 Å². The standard InChI is InChI=1S/C28H29BN4/c1-22-13-15-23(16-14-22)24(17-21-33(2)3)28(25-10-4-7-18-30-25)29(26-11-5-8-19-31-26)27-12-6-9-20-32-27/h4-16,18-20H,17,21H2,1-3H3/b28-24+. The second kappa shape index (κ2) is 10.8. The largest absolute Gasteiger partial charge is 0.309 e. The smallest absolute Gasteiger partial charge is 0.290 e. The Kier molecular flexibility index (Phi) is 7.43. The highest BCUT2D eigenvalue weighted by Gasteiger charge is 2.31. The number of benzene rings is 1. The van der Waals surface area contributed by atoms with E-state index in [2.05, 4.69) is 74.4 Å². The molecule has 0 amide bonds. The molecule has 0 unspecified atom stereocenters. The van der Waals surface area contributed by atoms with E-state index in [9.17, 15) is 0 Å². The van der Waals surface area contributed by atoms with Crippen molar-refractivity contribution in [2.75, 3.05) is 20.6 Å². The molecule has 5 heteroatoms. The van der Waals surface area contributed by atoms with Crippen LogP contribution >= 0.6 is 0 Å². The van der Waals surface area contributed by atoms with Crippen molar-refractivity contribution in [2.24, 2.45) is 0 Å². The number of hydrogen-bond acceptors (Lipinski definition) is 4. The molecule has 0 aliphatic rings. The fourth-order valence-corrected chi connectivity index (χ4v) is 4.06. The Morgan fingerprint density at radius 1 is 0.727 bits per heavy atom. The SMILES string of the molecule is Cc1ccc(/C(CCN(C)C)=C(/B(c2ccccn2)c2ccccn2)c2ccccn2)cc1. The average Bonchev–Trinajstić information content (AvgIpc) is 2.86. The molecule has 0 fully saturated rings. The minimum atomic E-state index is -0.138. The summed E-state index contributed by atoms with van der Waals surface area (Å²) in [5, 5.41) is 0. The van der Waals surface area contributed by atoms with E-state index in [0.29, 0.717) is 0 Å². The van der Waals surface area contributed by atoms with Gasteiger partial charge in [0, 0.05) is 36.3 Å². The van der Waals surface area contributed by atoms with Gasteiger partial charge in [0.05, 0.1) is 5.69 Å². The molecule has 0 aliphatic carbocycles. The normalized spacial score (nSPS) is 11.9. The Bertz CT molecular complexity index is 1140. The van der Waals surface area contributed by atoms with Gasteiger partial charge in [-0.15, -0.1) is 0 Å². The van der Waals surface area contributed by atoms with Crippen LogP contribution in [0.4, 0.5) is 0 Å². The zero-order valence-electron chi connectivity index (χ0n) is 19.5. The number of rotatable bonds is 8. The zero-order chi connectivity index (χ0) is 23.0. The van der Waals surface area contributed by atoms with Gasteiger partial charge in [-0.05, 0) is 80.4 Å². The van der Waals surface area contributed by atoms with Crippen molar-refractivity contribution in [3.05, 3.63) is 114 Å². The molecular formula is C28H29BN4. The van der Waals surface area contributed by atoms with Gasteiger partial charge >= 0.3 is 0 Å². The lowest BCUT2D eigenvalue weighted by Gasteiger charge is -2.23. The van der Waals surface area contributed by atoms with Gasteiger partial charge in [0.15, 0.2) is 0 Å². The van der Waals surface area contributed by atoms with Crippen molar-refractivity contribution >= 4 is 28.9 Å². The van der Waals surface area contributed by atoms with Crippen molar-refractivity contribution in [3.63, 3.8) is 0 Å². The minimum Gasteiger partial charge on any atom is -0.309 e.